The first-order valence-corrected chi connectivity index (χ1v) is 32.0. The van der Waals surface area contributed by atoms with Crippen molar-refractivity contribution in [3.63, 3.8) is 0 Å². The minimum Gasteiger partial charge on any atom is -0.389 e. The fourth-order valence-electron chi connectivity index (χ4n) is 13.2. The molecule has 0 aromatic carbocycles. The molecule has 6 aliphatic heterocycles. The molecular formula is C53H98N18O26. The van der Waals surface area contributed by atoms with Gasteiger partial charge >= 0.3 is 0 Å². The second-order valence-corrected chi connectivity index (χ2v) is 25.8. The van der Waals surface area contributed by atoms with Crippen molar-refractivity contribution < 1.29 is 128 Å². The van der Waals surface area contributed by atoms with Crippen LogP contribution in [-0.2, 0) is 92.6 Å². The summed E-state index contributed by atoms with van der Waals surface area (Å²) in [5.41, 5.74) is 74.4. The summed E-state index contributed by atoms with van der Waals surface area (Å²) in [6, 6.07) is -9.24. The van der Waals surface area contributed by atoms with E-state index in [4.69, 9.17) is 135 Å². The largest absolute Gasteiger partial charge is 0.389 e. The molecule has 0 radical (unpaired) electrons. The fourth-order valence-corrected chi connectivity index (χ4v) is 13.2. The molecule has 10 rings (SSSR count). The van der Waals surface area contributed by atoms with Crippen molar-refractivity contribution in [2.45, 2.75) is 272 Å². The minimum absolute atomic E-state index is 0.00819. The topological polar surface area (TPSA) is 746 Å². The second-order valence-electron chi connectivity index (χ2n) is 25.8. The molecule has 6 saturated heterocycles. The normalized spacial score (nSPS) is 48.4. The number of hydrogen-bond donors (Lipinski definition) is 24. The summed E-state index contributed by atoms with van der Waals surface area (Å²) < 4.78 is 87.4. The maximum atomic E-state index is 12.0. The van der Waals surface area contributed by atoms with Crippen LogP contribution in [0, 0.1) is 0 Å². The Hall–Kier alpha value is -3.24. The van der Waals surface area contributed by atoms with Gasteiger partial charge in [0.1, 0.15) is 152 Å². The van der Waals surface area contributed by atoms with Gasteiger partial charge in [-0.25, -0.2) is 9.36 Å². The van der Waals surface area contributed by atoms with Gasteiger partial charge in [-0.15, -0.1) is 10.2 Å². The molecule has 97 heavy (non-hydrogen) atoms. The zero-order valence-corrected chi connectivity index (χ0v) is 52.6. The van der Waals surface area contributed by atoms with Crippen molar-refractivity contribution in [1.82, 2.24) is 30.0 Å². The monoisotopic (exact) mass is 1400 g/mol. The lowest BCUT2D eigenvalue weighted by Crippen LogP contribution is -2.68. The molecule has 2 aliphatic carbocycles. The lowest BCUT2D eigenvalue weighted by atomic mass is 9.84. The van der Waals surface area contributed by atoms with E-state index in [9.17, 15) is 61.3 Å². The molecule has 0 bridgehead atoms. The van der Waals surface area contributed by atoms with Crippen LogP contribution in [0.5, 0.6) is 0 Å². The highest BCUT2D eigenvalue weighted by Crippen LogP contribution is 2.38. The van der Waals surface area contributed by atoms with Crippen LogP contribution in [0.3, 0.4) is 0 Å². The van der Waals surface area contributed by atoms with Gasteiger partial charge in [0.15, 0.2) is 37.7 Å². The molecule has 2 aromatic rings. The molecule has 0 spiro atoms. The number of nitrogens with zero attached hydrogens (tertiary/aromatic N) is 6. The van der Waals surface area contributed by atoms with Crippen molar-refractivity contribution in [3.05, 3.63) is 23.8 Å². The Bertz CT molecular complexity index is 2580. The molecule has 2 aromatic heterocycles. The number of nitrogens with two attached hydrogens (primary N) is 12. The SMILES string of the molecule is NCC1O[C@H](OC2C(N)C[C@@H](N)C(O)[C@H]2O[C@@H]2O[C@H](Cn3cc(COCOCc4cn(C[C@H]5O[C@@H](O[C@H]6C(O[C@H]7OC(CN)C(O)[C@H](O)C7N)C(N)C[C@@H](N)C6O)[C@@H](O)C5O[C@H]5O[C@@H](CN)C(O)C(O)C5N)nn4)nn3)C(O[C@H]3O[C@@H](CN)C(O)C(O)C3N)[C@@H]2O)C(N)[C@@H](O)C1O. The fraction of sp³-hybridized carbons (Fsp3) is 0.925. The number of aliphatic hydroxyl groups is 12. The van der Waals surface area contributed by atoms with Gasteiger partial charge in [-0.2, -0.15) is 0 Å². The average Bonchev–Trinajstić information content (AvgIpc) is 1.74. The molecule has 2 saturated carbocycles. The van der Waals surface area contributed by atoms with Crippen molar-refractivity contribution in [2.24, 2.45) is 68.8 Å². The van der Waals surface area contributed by atoms with Crippen LogP contribution in [0.25, 0.3) is 0 Å². The molecular weight excluding hydrogens is 1300 g/mol. The van der Waals surface area contributed by atoms with E-state index in [-0.39, 0.29) is 83.5 Å². The second kappa shape index (κ2) is 33.0. The lowest BCUT2D eigenvalue weighted by Gasteiger charge is -2.47. The van der Waals surface area contributed by atoms with E-state index in [1.807, 2.05) is 0 Å². The van der Waals surface area contributed by atoms with Crippen molar-refractivity contribution >= 4 is 0 Å². The molecule has 556 valence electrons. The Balaban J connectivity index is 0.774. The van der Waals surface area contributed by atoms with E-state index in [0.29, 0.717) is 0 Å². The van der Waals surface area contributed by atoms with Gasteiger partial charge in [-0.1, -0.05) is 10.4 Å². The van der Waals surface area contributed by atoms with Gasteiger partial charge in [-0.05, 0) is 12.8 Å². The number of rotatable bonds is 26. The number of aliphatic hydroxyl groups excluding tert-OH is 12. The molecule has 36 N–H and O–H groups in total. The summed E-state index contributed by atoms with van der Waals surface area (Å²) in [7, 11) is 0. The van der Waals surface area contributed by atoms with Gasteiger partial charge in [0.05, 0.1) is 75.1 Å². The maximum Gasteiger partial charge on any atom is 0.187 e. The van der Waals surface area contributed by atoms with E-state index >= 15 is 0 Å². The number of aromatic nitrogens is 6. The number of hydrogen-bond acceptors (Lipinski definition) is 42. The molecule has 20 unspecified atom stereocenters. The zero-order valence-electron chi connectivity index (χ0n) is 52.6. The van der Waals surface area contributed by atoms with E-state index < -0.39 is 233 Å². The summed E-state index contributed by atoms with van der Waals surface area (Å²) in [5, 5.41) is 149. The van der Waals surface area contributed by atoms with Gasteiger partial charge < -0.3 is 196 Å². The molecule has 44 heteroatoms. The molecule has 8 heterocycles. The van der Waals surface area contributed by atoms with E-state index in [1.54, 1.807) is 0 Å². The third-order valence-corrected chi connectivity index (χ3v) is 19.0. The van der Waals surface area contributed by atoms with Crippen LogP contribution in [0.2, 0.25) is 0 Å². The Kier molecular flexibility index (Phi) is 26.0. The highest BCUT2D eigenvalue weighted by atomic mass is 16.8. The lowest BCUT2D eigenvalue weighted by molar-refractivity contribution is -0.306. The molecule has 0 amide bonds. The van der Waals surface area contributed by atoms with Gasteiger partial charge in [0.25, 0.3) is 0 Å². The quantitative estimate of drug-likeness (QED) is 0.0307. The van der Waals surface area contributed by atoms with Crippen LogP contribution in [0.15, 0.2) is 12.4 Å². The van der Waals surface area contributed by atoms with Crippen LogP contribution < -0.4 is 68.8 Å². The predicted molar refractivity (Wildman–Crippen MR) is 317 cm³/mol. The summed E-state index contributed by atoms with van der Waals surface area (Å²) in [5.74, 6) is 0. The smallest absolute Gasteiger partial charge is 0.187 e. The van der Waals surface area contributed by atoms with Crippen molar-refractivity contribution in [2.75, 3.05) is 33.0 Å². The van der Waals surface area contributed by atoms with Crippen LogP contribution in [0.1, 0.15) is 24.2 Å². The van der Waals surface area contributed by atoms with Gasteiger partial charge in [-0.3, -0.25) is 0 Å². The Labute approximate surface area is 553 Å². The summed E-state index contributed by atoms with van der Waals surface area (Å²) in [6.45, 7) is -2.03. The first kappa shape index (κ1) is 76.4. The van der Waals surface area contributed by atoms with E-state index in [1.165, 1.54) is 21.8 Å². The van der Waals surface area contributed by atoms with Crippen LogP contribution in [-0.4, -0.2) is 357 Å². The molecule has 44 nitrogen and oxygen atoms in total. The Morgan fingerprint density at radius 2 is 0.619 bits per heavy atom. The zero-order chi connectivity index (χ0) is 70.2. The summed E-state index contributed by atoms with van der Waals surface area (Å²) >= 11 is 0. The first-order valence-electron chi connectivity index (χ1n) is 32.0. The molecule has 8 fully saturated rings. The standard InChI is InChI=1S/C53H98N18O26/c54-3-20-32(74)36(78)26(62)48(86-20)92-42-18(60)1-16(58)30(72)46(42)96-52-40(82)44(94-50-28(64)38(80)34(76)22(5-56)88-50)24(90-52)9-70-7-14(66-68-70)11-84-13-85-12-15-8-71(69-67-15)10-25-45(95-51-29(65)39(81)35(77)23(6-57)89-51)41(83)53(91-25)97-47-31(73)17(59)2-19(61)43(47)93-49-27(63)37(79)33(75)21(4-55)87-49/h7-8,16-53,72-83H,1-6,9-13,54-65H2/t16-,17-,18?,19?,20?,21?,22+,23+,24-,25-,26?,27?,28?,29?,30?,31?,32?,33?,34?,35?,36-,37-,38?,39?,40+,41+,42?,43?,44?,45?,46-,47-,48-,49-,50-,51-,52+,53+/m1/s1. The third kappa shape index (κ3) is 16.6. The Morgan fingerprint density at radius 3 is 0.918 bits per heavy atom. The first-order chi connectivity index (χ1) is 46.2. The third-order valence-electron chi connectivity index (χ3n) is 19.0. The van der Waals surface area contributed by atoms with Crippen molar-refractivity contribution in [1.29, 1.82) is 0 Å². The minimum atomic E-state index is -1.73. The van der Waals surface area contributed by atoms with E-state index in [2.05, 4.69) is 20.6 Å². The molecule has 38 atom stereocenters. The van der Waals surface area contributed by atoms with Gasteiger partial charge in [0, 0.05) is 50.3 Å². The summed E-state index contributed by atoms with van der Waals surface area (Å²) in [4.78, 5) is 0. The highest BCUT2D eigenvalue weighted by Gasteiger charge is 2.58. The maximum absolute atomic E-state index is 12.0. The highest BCUT2D eigenvalue weighted by molar-refractivity contribution is 5.06. The number of ether oxygens (including phenoxy) is 14. The molecule has 8 aliphatic rings. The summed E-state index contributed by atoms with van der Waals surface area (Å²) in [6.07, 6.45) is -39.9. The predicted octanol–water partition coefficient (Wildman–Crippen LogP) is -17.2. The van der Waals surface area contributed by atoms with Crippen LogP contribution in [0.4, 0.5) is 0 Å². The van der Waals surface area contributed by atoms with Crippen molar-refractivity contribution in [3.8, 4) is 0 Å². The van der Waals surface area contributed by atoms with Crippen LogP contribution >= 0.6 is 0 Å². The average molecular weight is 1400 g/mol. The Morgan fingerprint density at radius 1 is 0.340 bits per heavy atom. The van der Waals surface area contributed by atoms with E-state index in [0.717, 1.165) is 0 Å². The van der Waals surface area contributed by atoms with Gasteiger partial charge in [0.2, 0.25) is 0 Å².